The van der Waals surface area contributed by atoms with Crippen molar-refractivity contribution in [3.63, 3.8) is 0 Å². The van der Waals surface area contributed by atoms with E-state index in [1.165, 1.54) is 7.11 Å². The number of carbonyl (C=O) groups excluding carboxylic acids is 2. The summed E-state index contributed by atoms with van der Waals surface area (Å²) in [6, 6.07) is 4.90. The van der Waals surface area contributed by atoms with E-state index in [2.05, 4.69) is 4.99 Å². The molecule has 1 heterocycles. The highest BCUT2D eigenvalue weighted by atomic mass is 16.6. The quantitative estimate of drug-likeness (QED) is 0.826. The summed E-state index contributed by atoms with van der Waals surface area (Å²) in [6.45, 7) is 9.41. The number of carbonyl (C=O) groups is 2. The van der Waals surface area contributed by atoms with Gasteiger partial charge in [0.25, 0.3) is 0 Å². The van der Waals surface area contributed by atoms with E-state index in [9.17, 15) is 9.59 Å². The molecule has 6 heteroatoms. The zero-order chi connectivity index (χ0) is 19.2. The third kappa shape index (κ3) is 5.74. The number of esters is 2. The molecule has 1 aromatic rings. The molecule has 0 aromatic heterocycles. The second-order valence-electron chi connectivity index (χ2n) is 6.22. The SMILES string of the molecule is CC.COC(=O)c1ccc2c(c1)N=C(N)CC(C(=O)OC(C)(C)C)=C2. The van der Waals surface area contributed by atoms with E-state index in [0.717, 1.165) is 0 Å². The molecule has 2 rings (SSSR count). The summed E-state index contributed by atoms with van der Waals surface area (Å²) in [5, 5.41) is 0. The van der Waals surface area contributed by atoms with Crippen LogP contribution in [-0.2, 0) is 14.3 Å². The van der Waals surface area contributed by atoms with Gasteiger partial charge in [-0.05, 0) is 39.0 Å². The van der Waals surface area contributed by atoms with Crippen molar-refractivity contribution in [1.29, 1.82) is 0 Å². The Labute approximate surface area is 148 Å². The molecule has 0 spiro atoms. The van der Waals surface area contributed by atoms with Crippen molar-refractivity contribution in [1.82, 2.24) is 0 Å². The van der Waals surface area contributed by atoms with Crippen molar-refractivity contribution in [2.45, 2.75) is 46.6 Å². The van der Waals surface area contributed by atoms with Gasteiger partial charge in [-0.15, -0.1) is 0 Å². The van der Waals surface area contributed by atoms with Gasteiger partial charge in [0.2, 0.25) is 0 Å². The number of hydrogen-bond acceptors (Lipinski definition) is 6. The van der Waals surface area contributed by atoms with Gasteiger partial charge in [-0.1, -0.05) is 19.9 Å². The summed E-state index contributed by atoms with van der Waals surface area (Å²) in [5.41, 5.74) is 7.30. The normalized spacial score (nSPS) is 13.2. The highest BCUT2D eigenvalue weighted by Gasteiger charge is 2.22. The maximum atomic E-state index is 12.3. The van der Waals surface area contributed by atoms with Gasteiger partial charge in [0.15, 0.2) is 0 Å². The van der Waals surface area contributed by atoms with Gasteiger partial charge in [-0.25, -0.2) is 14.6 Å². The van der Waals surface area contributed by atoms with Gasteiger partial charge >= 0.3 is 11.9 Å². The van der Waals surface area contributed by atoms with Crippen molar-refractivity contribution in [3.8, 4) is 0 Å². The van der Waals surface area contributed by atoms with Gasteiger partial charge in [-0.3, -0.25) is 0 Å². The molecule has 0 amide bonds. The monoisotopic (exact) mass is 346 g/mol. The van der Waals surface area contributed by atoms with Crippen molar-refractivity contribution in [3.05, 3.63) is 34.9 Å². The molecule has 0 radical (unpaired) electrons. The van der Waals surface area contributed by atoms with Crippen LogP contribution in [0.4, 0.5) is 5.69 Å². The maximum absolute atomic E-state index is 12.3. The standard InChI is InChI=1S/C17H20N2O4.C2H6/c1-17(2,3)23-16(21)12-7-10-5-6-11(15(20)22-4)8-13(10)19-14(18)9-12;1-2/h5-8H,9H2,1-4H3,(H2,18,19);1-2H3. The molecule has 136 valence electrons. The predicted octanol–water partition coefficient (Wildman–Crippen LogP) is 3.62. The Balaban J connectivity index is 0.00000151. The van der Waals surface area contributed by atoms with Crippen molar-refractivity contribution < 1.29 is 19.1 Å². The number of methoxy groups -OCH3 is 1. The fraction of sp³-hybridized carbons (Fsp3) is 0.421. The molecular formula is C19H26N2O4. The fourth-order valence-corrected chi connectivity index (χ4v) is 2.11. The van der Waals surface area contributed by atoms with Crippen LogP contribution in [0.5, 0.6) is 0 Å². The highest BCUT2D eigenvalue weighted by Crippen LogP contribution is 2.28. The number of nitrogens with zero attached hydrogens (tertiary/aromatic N) is 1. The second kappa shape index (κ2) is 8.46. The molecule has 0 aliphatic carbocycles. The summed E-state index contributed by atoms with van der Waals surface area (Å²) in [6.07, 6.45) is 1.88. The molecule has 0 bridgehead atoms. The molecule has 0 saturated heterocycles. The number of aliphatic imine (C=N–C) groups is 1. The number of nitrogens with two attached hydrogens (primary N) is 1. The van der Waals surface area contributed by atoms with Crippen LogP contribution >= 0.6 is 0 Å². The van der Waals surface area contributed by atoms with Crippen LogP contribution < -0.4 is 5.73 Å². The first-order valence-corrected chi connectivity index (χ1v) is 8.19. The Kier molecular flexibility index (Phi) is 6.91. The molecule has 25 heavy (non-hydrogen) atoms. The average molecular weight is 346 g/mol. The molecule has 1 aliphatic rings. The first-order chi connectivity index (χ1) is 11.7. The third-order valence-corrected chi connectivity index (χ3v) is 3.08. The lowest BCUT2D eigenvalue weighted by molar-refractivity contribution is -0.149. The molecule has 0 fully saturated rings. The molecule has 0 unspecified atom stereocenters. The number of ether oxygens (including phenoxy) is 2. The summed E-state index contributed by atoms with van der Waals surface area (Å²) in [4.78, 5) is 28.1. The number of benzene rings is 1. The van der Waals surface area contributed by atoms with Crippen LogP contribution in [0.2, 0.25) is 0 Å². The molecule has 1 aromatic carbocycles. The smallest absolute Gasteiger partial charge is 0.337 e. The summed E-state index contributed by atoms with van der Waals surface area (Å²) >= 11 is 0. The number of hydrogen-bond donors (Lipinski definition) is 1. The molecule has 1 aliphatic heterocycles. The zero-order valence-corrected chi connectivity index (χ0v) is 15.7. The summed E-state index contributed by atoms with van der Waals surface area (Å²) in [5.74, 6) is -0.606. The zero-order valence-electron chi connectivity index (χ0n) is 15.7. The van der Waals surface area contributed by atoms with Gasteiger partial charge in [-0.2, -0.15) is 0 Å². The van der Waals surface area contributed by atoms with E-state index in [1.807, 2.05) is 13.8 Å². The first-order valence-electron chi connectivity index (χ1n) is 8.19. The fourth-order valence-electron chi connectivity index (χ4n) is 2.11. The Morgan fingerprint density at radius 1 is 1.16 bits per heavy atom. The number of fused-ring (bicyclic) bond motifs is 1. The number of rotatable bonds is 2. The largest absolute Gasteiger partial charge is 0.465 e. The van der Waals surface area contributed by atoms with Gasteiger partial charge in [0, 0.05) is 17.6 Å². The van der Waals surface area contributed by atoms with Crippen molar-refractivity contribution in [2.24, 2.45) is 10.7 Å². The van der Waals surface area contributed by atoms with E-state index in [4.69, 9.17) is 15.2 Å². The molecule has 0 atom stereocenters. The lowest BCUT2D eigenvalue weighted by atomic mass is 10.1. The topological polar surface area (TPSA) is 91.0 Å². The lowest BCUT2D eigenvalue weighted by Crippen LogP contribution is -2.26. The number of amidine groups is 1. The minimum absolute atomic E-state index is 0.192. The minimum atomic E-state index is -0.590. The van der Waals surface area contributed by atoms with E-state index in [0.29, 0.717) is 22.4 Å². The van der Waals surface area contributed by atoms with Crippen molar-refractivity contribution >= 4 is 29.5 Å². The van der Waals surface area contributed by atoms with E-state index in [-0.39, 0.29) is 12.3 Å². The first kappa shape index (κ1) is 20.4. The van der Waals surface area contributed by atoms with Crippen molar-refractivity contribution in [2.75, 3.05) is 7.11 Å². The third-order valence-electron chi connectivity index (χ3n) is 3.08. The summed E-state index contributed by atoms with van der Waals surface area (Å²) in [7, 11) is 1.31. The van der Waals surface area contributed by atoms with Gasteiger partial charge < -0.3 is 15.2 Å². The molecule has 2 N–H and O–H groups in total. The van der Waals surface area contributed by atoms with Crippen LogP contribution in [0.3, 0.4) is 0 Å². The Bertz CT molecular complexity index is 713. The Morgan fingerprint density at radius 2 is 1.80 bits per heavy atom. The summed E-state index contributed by atoms with van der Waals surface area (Å²) < 4.78 is 10.1. The minimum Gasteiger partial charge on any atom is -0.465 e. The highest BCUT2D eigenvalue weighted by molar-refractivity contribution is 6.03. The average Bonchev–Trinajstić information content (AvgIpc) is 2.71. The predicted molar refractivity (Wildman–Crippen MR) is 98.9 cm³/mol. The van der Waals surface area contributed by atoms with Crippen LogP contribution in [0, 0.1) is 0 Å². The second-order valence-corrected chi connectivity index (χ2v) is 6.22. The van der Waals surface area contributed by atoms with Crippen LogP contribution in [0.1, 0.15) is 57.0 Å². The van der Waals surface area contributed by atoms with Gasteiger partial charge in [0.05, 0.1) is 18.4 Å². The Morgan fingerprint density at radius 3 is 2.36 bits per heavy atom. The molecular weight excluding hydrogens is 320 g/mol. The molecule has 0 saturated carbocycles. The van der Waals surface area contributed by atoms with E-state index >= 15 is 0 Å². The van der Waals surface area contributed by atoms with E-state index in [1.54, 1.807) is 45.0 Å². The van der Waals surface area contributed by atoms with E-state index < -0.39 is 17.5 Å². The van der Waals surface area contributed by atoms with Gasteiger partial charge in [0.1, 0.15) is 11.4 Å². The van der Waals surface area contributed by atoms with Crippen LogP contribution in [0.25, 0.3) is 6.08 Å². The van der Waals surface area contributed by atoms with Crippen LogP contribution in [0.15, 0.2) is 28.8 Å². The Hall–Kier alpha value is -2.63. The maximum Gasteiger partial charge on any atom is 0.337 e. The van der Waals surface area contributed by atoms with Crippen LogP contribution in [-0.4, -0.2) is 30.5 Å². The lowest BCUT2D eigenvalue weighted by Gasteiger charge is -2.20. The molecule has 6 nitrogen and oxygen atoms in total.